The van der Waals surface area contributed by atoms with Crippen molar-refractivity contribution in [3.8, 4) is 0 Å². The Morgan fingerprint density at radius 1 is 0.923 bits per heavy atom. The Bertz CT molecular complexity index is 710. The fourth-order valence-electron chi connectivity index (χ4n) is 4.30. The van der Waals surface area contributed by atoms with Gasteiger partial charge >= 0.3 is 0 Å². The van der Waals surface area contributed by atoms with Crippen LogP contribution in [0.15, 0.2) is 24.3 Å². The summed E-state index contributed by atoms with van der Waals surface area (Å²) in [4.78, 5) is 2.46. The number of fused-ring (bicyclic) bond motifs is 1. The van der Waals surface area contributed by atoms with E-state index in [1.807, 2.05) is 18.2 Å². The van der Waals surface area contributed by atoms with E-state index in [2.05, 4.69) is 11.0 Å². The van der Waals surface area contributed by atoms with Crippen LogP contribution in [0.25, 0.3) is 0 Å². The maximum absolute atomic E-state index is 13.1. The van der Waals surface area contributed by atoms with Gasteiger partial charge in [0.25, 0.3) is 10.2 Å². The number of nitrogens with zero attached hydrogens (tertiary/aromatic N) is 3. The Kier molecular flexibility index (Phi) is 5.61. The molecule has 0 unspecified atom stereocenters. The third-order valence-corrected chi connectivity index (χ3v) is 7.92. The fraction of sp³-hybridized carbons (Fsp3) is 0.684. The van der Waals surface area contributed by atoms with Gasteiger partial charge < -0.3 is 4.74 Å². The molecule has 0 saturated carbocycles. The number of ether oxygens (including phenoxy) is 1. The molecule has 3 heterocycles. The molecule has 0 atom stereocenters. The van der Waals surface area contributed by atoms with E-state index in [9.17, 15) is 8.42 Å². The van der Waals surface area contributed by atoms with Gasteiger partial charge in [-0.1, -0.05) is 24.3 Å². The molecule has 0 spiro atoms. The average Bonchev–Trinajstić information content (AvgIpc) is 2.69. The first kappa shape index (κ1) is 18.4. The lowest BCUT2D eigenvalue weighted by atomic mass is 9.97. The first-order valence-electron chi connectivity index (χ1n) is 9.75. The molecule has 1 aromatic carbocycles. The molecule has 0 aromatic heterocycles. The van der Waals surface area contributed by atoms with Crippen LogP contribution in [-0.2, 0) is 27.9 Å². The Hall–Kier alpha value is -0.990. The summed E-state index contributed by atoms with van der Waals surface area (Å²) in [6.07, 6.45) is 2.73. The minimum atomic E-state index is -3.35. The van der Waals surface area contributed by atoms with Crippen molar-refractivity contribution < 1.29 is 13.2 Å². The molecule has 1 aromatic rings. The van der Waals surface area contributed by atoms with E-state index in [0.29, 0.717) is 32.1 Å². The summed E-state index contributed by atoms with van der Waals surface area (Å²) in [5.41, 5.74) is 2.42. The summed E-state index contributed by atoms with van der Waals surface area (Å²) >= 11 is 0. The zero-order valence-electron chi connectivity index (χ0n) is 15.3. The Morgan fingerprint density at radius 3 is 2.35 bits per heavy atom. The standard InChI is InChI=1S/C19H29N3O3S/c23-26(24,22-10-7-18-3-1-2-4-19(18)16-22)21-8-5-17(6-9-21)15-20-11-13-25-14-12-20/h1-4,17H,5-16H2. The Morgan fingerprint density at radius 2 is 1.62 bits per heavy atom. The molecule has 0 aliphatic carbocycles. The van der Waals surface area contributed by atoms with Crippen molar-refractivity contribution in [2.75, 3.05) is 52.5 Å². The van der Waals surface area contributed by atoms with Crippen LogP contribution in [-0.4, -0.2) is 74.4 Å². The summed E-state index contributed by atoms with van der Waals surface area (Å²) in [5.74, 6) is 0.599. The van der Waals surface area contributed by atoms with Crippen LogP contribution in [0.1, 0.15) is 24.0 Å². The molecule has 7 heteroatoms. The molecule has 0 bridgehead atoms. The van der Waals surface area contributed by atoms with Crippen molar-refractivity contribution >= 4 is 10.2 Å². The second-order valence-corrected chi connectivity index (χ2v) is 9.54. The molecular formula is C19H29N3O3S. The first-order chi connectivity index (χ1) is 12.6. The number of morpholine rings is 1. The van der Waals surface area contributed by atoms with Crippen LogP contribution in [0, 0.1) is 5.92 Å². The van der Waals surface area contributed by atoms with Gasteiger partial charge in [0.2, 0.25) is 0 Å². The topological polar surface area (TPSA) is 53.1 Å². The van der Waals surface area contributed by atoms with E-state index in [0.717, 1.165) is 57.7 Å². The zero-order valence-corrected chi connectivity index (χ0v) is 16.2. The van der Waals surface area contributed by atoms with Crippen molar-refractivity contribution in [1.82, 2.24) is 13.5 Å². The maximum Gasteiger partial charge on any atom is 0.282 e. The van der Waals surface area contributed by atoms with E-state index < -0.39 is 10.2 Å². The molecule has 2 saturated heterocycles. The third kappa shape index (κ3) is 3.97. The molecule has 0 radical (unpaired) electrons. The lowest BCUT2D eigenvalue weighted by molar-refractivity contribution is 0.0267. The molecule has 6 nitrogen and oxygen atoms in total. The molecular weight excluding hydrogens is 350 g/mol. The smallest absolute Gasteiger partial charge is 0.282 e. The lowest BCUT2D eigenvalue weighted by Crippen LogP contribution is -2.49. The average molecular weight is 380 g/mol. The van der Waals surface area contributed by atoms with Crippen molar-refractivity contribution in [1.29, 1.82) is 0 Å². The van der Waals surface area contributed by atoms with Gasteiger partial charge in [-0.15, -0.1) is 0 Å². The Balaban J connectivity index is 1.33. The number of hydrogen-bond donors (Lipinski definition) is 0. The molecule has 0 amide bonds. The first-order valence-corrected chi connectivity index (χ1v) is 11.1. The zero-order chi connectivity index (χ0) is 18.0. The van der Waals surface area contributed by atoms with Gasteiger partial charge in [-0.05, 0) is 36.3 Å². The molecule has 26 heavy (non-hydrogen) atoms. The van der Waals surface area contributed by atoms with Crippen LogP contribution in [0.2, 0.25) is 0 Å². The quantitative estimate of drug-likeness (QED) is 0.792. The third-order valence-electron chi connectivity index (χ3n) is 5.94. The van der Waals surface area contributed by atoms with Gasteiger partial charge in [0.05, 0.1) is 13.2 Å². The number of rotatable bonds is 4. The highest BCUT2D eigenvalue weighted by atomic mass is 32.2. The number of benzene rings is 1. The van der Waals surface area contributed by atoms with Crippen LogP contribution in [0.4, 0.5) is 0 Å². The predicted octanol–water partition coefficient (Wildman–Crippen LogP) is 1.33. The Labute approximate surface area is 156 Å². The van der Waals surface area contributed by atoms with Gasteiger partial charge in [-0.2, -0.15) is 17.0 Å². The summed E-state index contributed by atoms with van der Waals surface area (Å²) in [7, 11) is -3.35. The van der Waals surface area contributed by atoms with Gasteiger partial charge in [-0.3, -0.25) is 4.90 Å². The van der Waals surface area contributed by atoms with E-state index in [1.54, 1.807) is 8.61 Å². The summed E-state index contributed by atoms with van der Waals surface area (Å²) < 4.78 is 34.9. The largest absolute Gasteiger partial charge is 0.379 e. The van der Waals surface area contributed by atoms with Crippen molar-refractivity contribution in [3.05, 3.63) is 35.4 Å². The van der Waals surface area contributed by atoms with Gasteiger partial charge in [0, 0.05) is 45.8 Å². The second kappa shape index (κ2) is 7.94. The highest BCUT2D eigenvalue weighted by Crippen LogP contribution is 2.26. The number of hydrogen-bond acceptors (Lipinski definition) is 4. The predicted molar refractivity (Wildman–Crippen MR) is 101 cm³/mol. The minimum absolute atomic E-state index is 0.506. The SMILES string of the molecule is O=S(=O)(N1CCC(CN2CCOCC2)CC1)N1CCc2ccccc2C1. The fourth-order valence-corrected chi connectivity index (χ4v) is 5.92. The van der Waals surface area contributed by atoms with Crippen LogP contribution >= 0.6 is 0 Å². The molecule has 3 aliphatic rings. The van der Waals surface area contributed by atoms with Crippen LogP contribution in [0.3, 0.4) is 0 Å². The van der Waals surface area contributed by atoms with E-state index in [4.69, 9.17) is 4.74 Å². The van der Waals surface area contributed by atoms with Crippen LogP contribution in [0.5, 0.6) is 0 Å². The maximum atomic E-state index is 13.1. The highest BCUT2D eigenvalue weighted by molar-refractivity contribution is 7.86. The summed E-state index contributed by atoms with van der Waals surface area (Å²) in [6.45, 7) is 7.13. The summed E-state index contributed by atoms with van der Waals surface area (Å²) in [6, 6.07) is 8.18. The monoisotopic (exact) mass is 379 g/mol. The van der Waals surface area contributed by atoms with Crippen molar-refractivity contribution in [2.45, 2.75) is 25.8 Å². The van der Waals surface area contributed by atoms with Crippen LogP contribution < -0.4 is 0 Å². The highest BCUT2D eigenvalue weighted by Gasteiger charge is 2.35. The molecule has 3 aliphatic heterocycles. The van der Waals surface area contributed by atoms with Gasteiger partial charge in [0.15, 0.2) is 0 Å². The summed E-state index contributed by atoms with van der Waals surface area (Å²) in [5, 5.41) is 0. The number of piperidine rings is 1. The molecule has 4 rings (SSSR count). The van der Waals surface area contributed by atoms with Gasteiger partial charge in [-0.25, -0.2) is 0 Å². The van der Waals surface area contributed by atoms with Crippen molar-refractivity contribution in [2.24, 2.45) is 5.92 Å². The molecule has 2 fully saturated rings. The second-order valence-electron chi connectivity index (χ2n) is 7.62. The molecule has 0 N–H and O–H groups in total. The minimum Gasteiger partial charge on any atom is -0.379 e. The van der Waals surface area contributed by atoms with Gasteiger partial charge in [0.1, 0.15) is 0 Å². The van der Waals surface area contributed by atoms with E-state index in [1.165, 1.54) is 5.56 Å². The van der Waals surface area contributed by atoms with Crippen molar-refractivity contribution in [3.63, 3.8) is 0 Å². The molecule has 144 valence electrons. The van der Waals surface area contributed by atoms with E-state index >= 15 is 0 Å². The normalized spacial score (nSPS) is 24.5. The van der Waals surface area contributed by atoms with E-state index in [-0.39, 0.29) is 0 Å². The lowest BCUT2D eigenvalue weighted by Gasteiger charge is -2.38.